The fraction of sp³-hybridized carbons (Fsp3) is 0.867. The number of amides is 2. The van der Waals surface area contributed by atoms with Crippen molar-refractivity contribution in [3.05, 3.63) is 0 Å². The molecule has 2 rings (SSSR count). The van der Waals surface area contributed by atoms with Gasteiger partial charge in [0.2, 0.25) is 0 Å². The first-order valence-electron chi connectivity index (χ1n) is 7.82. The lowest BCUT2D eigenvalue weighted by atomic mass is 9.77. The van der Waals surface area contributed by atoms with Crippen molar-refractivity contribution in [1.29, 1.82) is 0 Å². The second-order valence-corrected chi connectivity index (χ2v) is 7.56. The molecule has 5 nitrogen and oxygen atoms in total. The van der Waals surface area contributed by atoms with Crippen LogP contribution in [0.15, 0.2) is 0 Å². The Morgan fingerprint density at radius 2 is 1.86 bits per heavy atom. The topological polar surface area (TPSA) is 78.4 Å². The van der Waals surface area contributed by atoms with Crippen LogP contribution in [0.25, 0.3) is 0 Å². The lowest BCUT2D eigenvalue weighted by Crippen LogP contribution is -2.60. The molecular formula is C15H26N2O3S. The third kappa shape index (κ3) is 3.84. The molecule has 2 unspecified atom stereocenters. The molecule has 2 atom stereocenters. The van der Waals surface area contributed by atoms with Crippen molar-refractivity contribution in [2.75, 3.05) is 6.26 Å². The Hall–Kier alpha value is -0.910. The smallest absolute Gasteiger partial charge is 0.329 e. The zero-order valence-corrected chi connectivity index (χ0v) is 13.7. The summed E-state index contributed by atoms with van der Waals surface area (Å²) in [6, 6.07) is -0.161. The molecule has 0 bridgehead atoms. The first kappa shape index (κ1) is 16.5. The van der Waals surface area contributed by atoms with Crippen LogP contribution < -0.4 is 10.6 Å². The third-order valence-corrected chi connectivity index (χ3v) is 6.13. The second-order valence-electron chi connectivity index (χ2n) is 6.48. The van der Waals surface area contributed by atoms with Crippen molar-refractivity contribution < 1.29 is 14.7 Å². The summed E-state index contributed by atoms with van der Waals surface area (Å²) in [6.45, 7) is 2.13. The summed E-state index contributed by atoms with van der Waals surface area (Å²) in [4.78, 5) is 23.9. The Bertz CT molecular complexity index is 394. The van der Waals surface area contributed by atoms with Gasteiger partial charge in [-0.25, -0.2) is 9.59 Å². The van der Waals surface area contributed by atoms with E-state index in [2.05, 4.69) is 23.8 Å². The minimum atomic E-state index is -1.08. The fourth-order valence-electron chi connectivity index (χ4n) is 3.44. The molecule has 0 saturated heterocycles. The van der Waals surface area contributed by atoms with Crippen LogP contribution in [0.2, 0.25) is 0 Å². The first-order chi connectivity index (χ1) is 9.97. The molecule has 120 valence electrons. The van der Waals surface area contributed by atoms with Crippen molar-refractivity contribution in [2.45, 2.75) is 68.7 Å². The molecule has 3 N–H and O–H groups in total. The predicted molar refractivity (Wildman–Crippen MR) is 84.6 cm³/mol. The van der Waals surface area contributed by atoms with Crippen LogP contribution in [0.3, 0.4) is 0 Å². The molecule has 2 aliphatic rings. The maximum absolute atomic E-state index is 12.2. The average molecular weight is 314 g/mol. The lowest BCUT2D eigenvalue weighted by molar-refractivity contribution is -0.146. The first-order valence-corrected chi connectivity index (χ1v) is 9.10. The molecule has 0 aromatic rings. The van der Waals surface area contributed by atoms with Crippen molar-refractivity contribution in [3.63, 3.8) is 0 Å². The SMILES string of the molecule is CSC1CCCC1NC(=O)NC1(C(=O)O)CCC(C)CC1. The minimum Gasteiger partial charge on any atom is -0.480 e. The van der Waals surface area contributed by atoms with Crippen molar-refractivity contribution in [1.82, 2.24) is 10.6 Å². The summed E-state index contributed by atoms with van der Waals surface area (Å²) in [6.07, 6.45) is 8.03. The number of aliphatic carboxylic acids is 1. The predicted octanol–water partition coefficient (Wildman–Crippen LogP) is 2.60. The Morgan fingerprint density at radius 1 is 1.19 bits per heavy atom. The zero-order chi connectivity index (χ0) is 15.5. The lowest BCUT2D eigenvalue weighted by Gasteiger charge is -2.36. The van der Waals surface area contributed by atoms with Crippen LogP contribution >= 0.6 is 11.8 Å². The molecular weight excluding hydrogens is 288 g/mol. The molecule has 0 radical (unpaired) electrons. The number of hydrogen-bond donors (Lipinski definition) is 3. The van der Waals surface area contributed by atoms with Gasteiger partial charge in [0.05, 0.1) is 0 Å². The van der Waals surface area contributed by atoms with Crippen LogP contribution in [-0.2, 0) is 4.79 Å². The van der Waals surface area contributed by atoms with Crippen molar-refractivity contribution in [3.8, 4) is 0 Å². The van der Waals surface area contributed by atoms with Gasteiger partial charge in [-0.05, 0) is 50.7 Å². The number of rotatable bonds is 4. The average Bonchev–Trinajstić information content (AvgIpc) is 2.88. The van der Waals surface area contributed by atoms with E-state index >= 15 is 0 Å². The fourth-order valence-corrected chi connectivity index (χ4v) is 4.38. The van der Waals surface area contributed by atoms with Crippen LogP contribution in [0, 0.1) is 5.92 Å². The Balaban J connectivity index is 1.94. The Morgan fingerprint density at radius 3 is 2.43 bits per heavy atom. The van der Waals surface area contributed by atoms with E-state index in [9.17, 15) is 14.7 Å². The molecule has 2 fully saturated rings. The number of hydrogen-bond acceptors (Lipinski definition) is 3. The van der Waals surface area contributed by atoms with Gasteiger partial charge in [-0.2, -0.15) is 11.8 Å². The van der Waals surface area contributed by atoms with Crippen LogP contribution in [-0.4, -0.2) is 40.2 Å². The van der Waals surface area contributed by atoms with Gasteiger partial charge in [0.1, 0.15) is 5.54 Å². The molecule has 21 heavy (non-hydrogen) atoms. The maximum atomic E-state index is 12.2. The van der Waals surface area contributed by atoms with Gasteiger partial charge >= 0.3 is 12.0 Å². The minimum absolute atomic E-state index is 0.161. The number of carboxylic acid groups (broad SMARTS) is 1. The molecule has 2 saturated carbocycles. The third-order valence-electron chi connectivity index (χ3n) is 4.96. The summed E-state index contributed by atoms with van der Waals surface area (Å²) in [5.74, 6) is -0.365. The van der Waals surface area contributed by atoms with Crippen molar-refractivity contribution >= 4 is 23.8 Å². The molecule has 0 aromatic heterocycles. The number of carboxylic acids is 1. The Kier molecular flexibility index (Phi) is 5.41. The number of thioether (sulfide) groups is 1. The molecule has 0 aromatic carbocycles. The van der Waals surface area contributed by atoms with E-state index in [-0.39, 0.29) is 12.1 Å². The van der Waals surface area contributed by atoms with Gasteiger partial charge in [0.15, 0.2) is 0 Å². The van der Waals surface area contributed by atoms with Crippen LogP contribution in [0.5, 0.6) is 0 Å². The highest BCUT2D eigenvalue weighted by molar-refractivity contribution is 7.99. The van der Waals surface area contributed by atoms with Gasteiger partial charge in [-0.15, -0.1) is 0 Å². The van der Waals surface area contributed by atoms with E-state index in [1.807, 2.05) is 0 Å². The molecule has 0 aliphatic heterocycles. The van der Waals surface area contributed by atoms with Gasteiger partial charge in [0, 0.05) is 11.3 Å². The molecule has 2 aliphatic carbocycles. The highest BCUT2D eigenvalue weighted by Gasteiger charge is 2.43. The van der Waals surface area contributed by atoms with E-state index in [1.165, 1.54) is 0 Å². The maximum Gasteiger partial charge on any atom is 0.329 e. The zero-order valence-electron chi connectivity index (χ0n) is 12.9. The van der Waals surface area contributed by atoms with Crippen LogP contribution in [0.1, 0.15) is 51.9 Å². The molecule has 0 heterocycles. The summed E-state index contributed by atoms with van der Waals surface area (Å²) < 4.78 is 0. The van der Waals surface area contributed by atoms with E-state index in [0.29, 0.717) is 24.0 Å². The highest BCUT2D eigenvalue weighted by Crippen LogP contribution is 2.32. The number of carbonyl (C=O) groups excluding carboxylic acids is 1. The highest BCUT2D eigenvalue weighted by atomic mass is 32.2. The summed E-state index contributed by atoms with van der Waals surface area (Å²) in [5, 5.41) is 15.7. The number of nitrogens with one attached hydrogen (secondary N) is 2. The van der Waals surface area contributed by atoms with Crippen molar-refractivity contribution in [2.24, 2.45) is 5.92 Å². The standard InChI is InChI=1S/C15H26N2O3S/c1-10-6-8-15(9-7-10,13(18)19)17-14(20)16-11-4-3-5-12(11)21-2/h10-12H,3-9H2,1-2H3,(H,18,19)(H2,16,17,20). The summed E-state index contributed by atoms with van der Waals surface area (Å²) >= 11 is 1.78. The monoisotopic (exact) mass is 314 g/mol. The van der Waals surface area contributed by atoms with Gasteiger partial charge < -0.3 is 15.7 Å². The summed E-state index contributed by atoms with van der Waals surface area (Å²) in [5.41, 5.74) is -1.08. The Labute approximate surface area is 130 Å². The number of urea groups is 1. The van der Waals surface area contributed by atoms with E-state index in [1.54, 1.807) is 11.8 Å². The van der Waals surface area contributed by atoms with E-state index in [4.69, 9.17) is 0 Å². The normalized spacial score (nSPS) is 36.2. The summed E-state index contributed by atoms with van der Waals surface area (Å²) in [7, 11) is 0. The quantitative estimate of drug-likeness (QED) is 0.745. The largest absolute Gasteiger partial charge is 0.480 e. The molecule has 6 heteroatoms. The molecule has 2 amide bonds. The second kappa shape index (κ2) is 6.90. The molecule has 0 spiro atoms. The van der Waals surface area contributed by atoms with E-state index < -0.39 is 11.5 Å². The van der Waals surface area contributed by atoms with Gasteiger partial charge in [-0.1, -0.05) is 13.3 Å². The van der Waals surface area contributed by atoms with Gasteiger partial charge in [0.25, 0.3) is 0 Å². The number of carbonyl (C=O) groups is 2. The van der Waals surface area contributed by atoms with Gasteiger partial charge in [-0.3, -0.25) is 0 Å². The van der Waals surface area contributed by atoms with Crippen LogP contribution in [0.4, 0.5) is 4.79 Å². The van der Waals surface area contributed by atoms with E-state index in [0.717, 1.165) is 32.1 Å².